The number of carbonyl (C=O) groups excluding carboxylic acids is 1. The smallest absolute Gasteiger partial charge is 0.240 e. The van der Waals surface area contributed by atoms with E-state index in [-0.39, 0.29) is 5.92 Å². The van der Waals surface area contributed by atoms with Crippen molar-refractivity contribution in [1.29, 1.82) is 0 Å². The van der Waals surface area contributed by atoms with E-state index in [2.05, 4.69) is 0 Å². The monoisotopic (exact) mass is 212 g/mol. The molecule has 4 nitrogen and oxygen atoms in total. The first kappa shape index (κ1) is 10.9. The standard InChI is InChI=1S/C11H20N2O2/c12-10(14)11(13,9-3-4-9)7-15-6-5-8-1-2-8/h8-9H,1-7,13H2,(H2,12,14). The fourth-order valence-corrected chi connectivity index (χ4v) is 1.89. The third kappa shape index (κ3) is 2.69. The predicted molar refractivity (Wildman–Crippen MR) is 57.0 cm³/mol. The van der Waals surface area contributed by atoms with E-state index < -0.39 is 11.4 Å². The van der Waals surface area contributed by atoms with Gasteiger partial charge in [0.15, 0.2) is 0 Å². The van der Waals surface area contributed by atoms with E-state index >= 15 is 0 Å². The van der Waals surface area contributed by atoms with E-state index in [0.717, 1.165) is 25.2 Å². The first-order chi connectivity index (χ1) is 7.13. The molecule has 0 aromatic heterocycles. The number of rotatable bonds is 7. The molecular weight excluding hydrogens is 192 g/mol. The molecule has 0 aliphatic heterocycles. The van der Waals surface area contributed by atoms with Crippen molar-refractivity contribution in [3.63, 3.8) is 0 Å². The van der Waals surface area contributed by atoms with Gasteiger partial charge >= 0.3 is 0 Å². The van der Waals surface area contributed by atoms with E-state index in [1.807, 2.05) is 0 Å². The van der Waals surface area contributed by atoms with Gasteiger partial charge in [-0.15, -0.1) is 0 Å². The molecule has 0 heterocycles. The molecule has 2 aliphatic rings. The molecule has 1 atom stereocenters. The highest BCUT2D eigenvalue weighted by Crippen LogP contribution is 2.38. The van der Waals surface area contributed by atoms with Gasteiger partial charge in [0.2, 0.25) is 5.91 Å². The van der Waals surface area contributed by atoms with E-state index in [1.165, 1.54) is 12.8 Å². The first-order valence-electron chi connectivity index (χ1n) is 5.79. The number of nitrogens with two attached hydrogens (primary N) is 2. The SMILES string of the molecule is NC(=O)C(N)(COCCC1CC1)C1CC1. The molecule has 0 radical (unpaired) electrons. The van der Waals surface area contributed by atoms with Crippen LogP contribution in [0.25, 0.3) is 0 Å². The third-order valence-electron chi connectivity index (χ3n) is 3.47. The summed E-state index contributed by atoms with van der Waals surface area (Å²) < 4.78 is 5.49. The van der Waals surface area contributed by atoms with Gasteiger partial charge < -0.3 is 16.2 Å². The van der Waals surface area contributed by atoms with Gasteiger partial charge in [-0.05, 0) is 31.1 Å². The number of ether oxygens (including phenoxy) is 1. The summed E-state index contributed by atoms with van der Waals surface area (Å²) in [6.07, 6.45) is 5.77. The molecule has 15 heavy (non-hydrogen) atoms. The van der Waals surface area contributed by atoms with E-state index in [1.54, 1.807) is 0 Å². The second-order valence-corrected chi connectivity index (χ2v) is 4.96. The fourth-order valence-electron chi connectivity index (χ4n) is 1.89. The molecule has 2 saturated carbocycles. The second-order valence-electron chi connectivity index (χ2n) is 4.96. The first-order valence-corrected chi connectivity index (χ1v) is 5.79. The summed E-state index contributed by atoms with van der Waals surface area (Å²) >= 11 is 0. The summed E-state index contributed by atoms with van der Waals surface area (Å²) in [5, 5.41) is 0. The molecule has 4 N–H and O–H groups in total. The molecule has 0 aromatic rings. The molecule has 2 fully saturated rings. The van der Waals surface area contributed by atoms with Crippen LogP contribution in [0.1, 0.15) is 32.1 Å². The summed E-state index contributed by atoms with van der Waals surface area (Å²) in [5.74, 6) is 0.680. The molecule has 0 saturated heterocycles. The van der Waals surface area contributed by atoms with Crippen LogP contribution in [0.5, 0.6) is 0 Å². The van der Waals surface area contributed by atoms with Crippen molar-refractivity contribution in [2.45, 2.75) is 37.6 Å². The molecule has 4 heteroatoms. The lowest BCUT2D eigenvalue weighted by atomic mass is 9.95. The van der Waals surface area contributed by atoms with Crippen molar-refractivity contribution in [2.24, 2.45) is 23.3 Å². The molecular formula is C11H20N2O2. The van der Waals surface area contributed by atoms with Crippen LogP contribution in [0.15, 0.2) is 0 Å². The minimum absolute atomic E-state index is 0.246. The molecule has 1 unspecified atom stereocenters. The largest absolute Gasteiger partial charge is 0.379 e. The van der Waals surface area contributed by atoms with E-state index in [4.69, 9.17) is 16.2 Å². The molecule has 0 bridgehead atoms. The van der Waals surface area contributed by atoms with Crippen LogP contribution in [0.2, 0.25) is 0 Å². The number of hydrogen-bond acceptors (Lipinski definition) is 3. The van der Waals surface area contributed by atoms with Crippen molar-refractivity contribution >= 4 is 5.91 Å². The van der Waals surface area contributed by atoms with Gasteiger partial charge in [-0.3, -0.25) is 4.79 Å². The summed E-state index contributed by atoms with van der Waals surface area (Å²) in [5.41, 5.74) is 10.4. The van der Waals surface area contributed by atoms with Gasteiger partial charge in [0, 0.05) is 6.61 Å². The summed E-state index contributed by atoms with van der Waals surface area (Å²) in [6.45, 7) is 1.00. The minimum Gasteiger partial charge on any atom is -0.379 e. The van der Waals surface area contributed by atoms with Crippen LogP contribution in [0, 0.1) is 11.8 Å². The number of carbonyl (C=O) groups is 1. The summed E-state index contributed by atoms with van der Waals surface area (Å²) in [4.78, 5) is 11.3. The maximum Gasteiger partial charge on any atom is 0.240 e. The average Bonchev–Trinajstić information content (AvgIpc) is 3.03. The Morgan fingerprint density at radius 2 is 2.00 bits per heavy atom. The zero-order valence-corrected chi connectivity index (χ0v) is 9.08. The Labute approximate surface area is 90.3 Å². The third-order valence-corrected chi connectivity index (χ3v) is 3.47. The highest BCUT2D eigenvalue weighted by Gasteiger charge is 2.47. The molecule has 0 aromatic carbocycles. The van der Waals surface area contributed by atoms with Crippen molar-refractivity contribution < 1.29 is 9.53 Å². The van der Waals surface area contributed by atoms with Gasteiger partial charge in [-0.25, -0.2) is 0 Å². The number of amides is 1. The normalized spacial score (nSPS) is 24.9. The molecule has 2 rings (SSSR count). The van der Waals surface area contributed by atoms with Gasteiger partial charge in [0.1, 0.15) is 5.54 Å². The van der Waals surface area contributed by atoms with Gasteiger partial charge in [0.05, 0.1) is 6.61 Å². The van der Waals surface area contributed by atoms with Crippen LogP contribution in [-0.2, 0) is 9.53 Å². The Hall–Kier alpha value is -0.610. The zero-order chi connectivity index (χ0) is 10.9. The molecule has 0 spiro atoms. The zero-order valence-electron chi connectivity index (χ0n) is 9.08. The van der Waals surface area contributed by atoms with Crippen LogP contribution >= 0.6 is 0 Å². The van der Waals surface area contributed by atoms with Crippen molar-refractivity contribution in [3.05, 3.63) is 0 Å². The summed E-state index contributed by atoms with van der Waals surface area (Å²) in [7, 11) is 0. The lowest BCUT2D eigenvalue weighted by molar-refractivity contribution is -0.126. The van der Waals surface area contributed by atoms with Crippen LogP contribution in [0.4, 0.5) is 0 Å². The Kier molecular flexibility index (Phi) is 2.98. The van der Waals surface area contributed by atoms with Crippen molar-refractivity contribution in [2.75, 3.05) is 13.2 Å². The maximum atomic E-state index is 11.3. The lowest BCUT2D eigenvalue weighted by Gasteiger charge is -2.25. The highest BCUT2D eigenvalue weighted by molar-refractivity contribution is 5.85. The Bertz CT molecular complexity index is 249. The van der Waals surface area contributed by atoms with Crippen molar-refractivity contribution in [1.82, 2.24) is 0 Å². The Morgan fingerprint density at radius 1 is 1.33 bits per heavy atom. The van der Waals surface area contributed by atoms with Crippen LogP contribution in [-0.4, -0.2) is 24.7 Å². The fraction of sp³-hybridized carbons (Fsp3) is 0.909. The van der Waals surface area contributed by atoms with Crippen LogP contribution < -0.4 is 11.5 Å². The van der Waals surface area contributed by atoms with Gasteiger partial charge in [0.25, 0.3) is 0 Å². The molecule has 2 aliphatic carbocycles. The minimum atomic E-state index is -0.913. The van der Waals surface area contributed by atoms with Gasteiger partial charge in [-0.1, -0.05) is 12.8 Å². The quantitative estimate of drug-likeness (QED) is 0.599. The maximum absolute atomic E-state index is 11.3. The molecule has 86 valence electrons. The Balaban J connectivity index is 1.70. The van der Waals surface area contributed by atoms with Crippen molar-refractivity contribution in [3.8, 4) is 0 Å². The molecule has 1 amide bonds. The highest BCUT2D eigenvalue weighted by atomic mass is 16.5. The van der Waals surface area contributed by atoms with E-state index in [9.17, 15) is 4.79 Å². The van der Waals surface area contributed by atoms with Crippen LogP contribution in [0.3, 0.4) is 0 Å². The number of hydrogen-bond donors (Lipinski definition) is 2. The number of primary amides is 1. The van der Waals surface area contributed by atoms with Gasteiger partial charge in [-0.2, -0.15) is 0 Å². The summed E-state index contributed by atoms with van der Waals surface area (Å²) in [6, 6.07) is 0. The predicted octanol–water partition coefficient (Wildman–Crippen LogP) is 0.396. The second kappa shape index (κ2) is 4.10. The lowest BCUT2D eigenvalue weighted by Crippen LogP contribution is -2.57. The topological polar surface area (TPSA) is 78.3 Å². The average molecular weight is 212 g/mol. The Morgan fingerprint density at radius 3 is 2.47 bits per heavy atom. The van der Waals surface area contributed by atoms with E-state index in [0.29, 0.717) is 13.2 Å².